The second-order valence-corrected chi connectivity index (χ2v) is 4.89. The molecule has 1 heterocycles. The van der Waals surface area contributed by atoms with Crippen LogP contribution in [0.1, 0.15) is 27.3 Å². The molecule has 25 heavy (non-hydrogen) atoms. The second kappa shape index (κ2) is 9.02. The van der Waals surface area contributed by atoms with E-state index in [9.17, 15) is 19.2 Å². The standard InChI is InChI=1S/C17H16N2O6/c20-14(19-16(22)12-5-2-1-3-6-12)11-25-15(21)8-9-18-17(23)13-7-4-10-24-13/h1-7,10H,8-9,11H2,(H,18,23)(H,19,20,22). The van der Waals surface area contributed by atoms with Gasteiger partial charge in [-0.3, -0.25) is 24.5 Å². The Hall–Kier alpha value is -3.42. The first-order valence-electron chi connectivity index (χ1n) is 7.43. The lowest BCUT2D eigenvalue weighted by atomic mass is 10.2. The summed E-state index contributed by atoms with van der Waals surface area (Å²) in [6, 6.07) is 11.2. The summed E-state index contributed by atoms with van der Waals surface area (Å²) in [7, 11) is 0. The van der Waals surface area contributed by atoms with Crippen LogP contribution in [0.25, 0.3) is 0 Å². The average Bonchev–Trinajstić information content (AvgIpc) is 3.15. The maximum atomic E-state index is 11.7. The fourth-order valence-corrected chi connectivity index (χ4v) is 1.82. The van der Waals surface area contributed by atoms with Gasteiger partial charge in [-0.25, -0.2) is 0 Å². The normalized spacial score (nSPS) is 9.92. The number of amides is 3. The minimum absolute atomic E-state index is 0.0307. The van der Waals surface area contributed by atoms with E-state index in [1.807, 2.05) is 0 Å². The monoisotopic (exact) mass is 344 g/mol. The van der Waals surface area contributed by atoms with Gasteiger partial charge in [-0.15, -0.1) is 0 Å². The van der Waals surface area contributed by atoms with Gasteiger partial charge >= 0.3 is 5.97 Å². The third-order valence-electron chi connectivity index (χ3n) is 3.01. The lowest BCUT2D eigenvalue weighted by Gasteiger charge is -2.06. The van der Waals surface area contributed by atoms with Gasteiger partial charge in [0.25, 0.3) is 17.7 Å². The Morgan fingerprint density at radius 2 is 1.72 bits per heavy atom. The van der Waals surface area contributed by atoms with Gasteiger partial charge in [0.1, 0.15) is 0 Å². The number of furan rings is 1. The molecular formula is C17H16N2O6. The van der Waals surface area contributed by atoms with E-state index in [-0.39, 0.29) is 18.7 Å². The first-order chi connectivity index (χ1) is 12.1. The Morgan fingerprint density at radius 1 is 0.960 bits per heavy atom. The molecule has 0 atom stereocenters. The van der Waals surface area contributed by atoms with Crippen LogP contribution in [0.3, 0.4) is 0 Å². The van der Waals surface area contributed by atoms with Crippen molar-refractivity contribution in [1.29, 1.82) is 0 Å². The number of benzene rings is 1. The molecular weight excluding hydrogens is 328 g/mol. The average molecular weight is 344 g/mol. The molecule has 0 radical (unpaired) electrons. The van der Waals surface area contributed by atoms with Crippen LogP contribution in [0, 0.1) is 0 Å². The van der Waals surface area contributed by atoms with E-state index < -0.39 is 30.3 Å². The van der Waals surface area contributed by atoms with Crippen LogP contribution in [0.2, 0.25) is 0 Å². The van der Waals surface area contributed by atoms with E-state index >= 15 is 0 Å². The van der Waals surface area contributed by atoms with E-state index in [2.05, 4.69) is 10.6 Å². The third-order valence-corrected chi connectivity index (χ3v) is 3.01. The molecule has 1 aromatic heterocycles. The molecule has 0 fully saturated rings. The van der Waals surface area contributed by atoms with Crippen LogP contribution in [0.15, 0.2) is 53.1 Å². The summed E-state index contributed by atoms with van der Waals surface area (Å²) in [5.41, 5.74) is 0.322. The Morgan fingerprint density at radius 3 is 2.40 bits per heavy atom. The van der Waals surface area contributed by atoms with Gasteiger partial charge in [0.15, 0.2) is 12.4 Å². The van der Waals surface area contributed by atoms with E-state index in [1.165, 1.54) is 12.3 Å². The summed E-state index contributed by atoms with van der Waals surface area (Å²) in [6.45, 7) is -0.549. The molecule has 2 aromatic rings. The van der Waals surface area contributed by atoms with Crippen molar-refractivity contribution in [3.8, 4) is 0 Å². The first kappa shape index (κ1) is 17.9. The summed E-state index contributed by atoms with van der Waals surface area (Å²) in [6.07, 6.45) is 1.24. The van der Waals surface area contributed by atoms with E-state index in [1.54, 1.807) is 36.4 Å². The number of carbonyl (C=O) groups is 4. The zero-order valence-electron chi connectivity index (χ0n) is 13.2. The zero-order chi connectivity index (χ0) is 18.1. The van der Waals surface area contributed by atoms with Gasteiger partial charge in [0.05, 0.1) is 12.7 Å². The maximum Gasteiger partial charge on any atom is 0.308 e. The summed E-state index contributed by atoms with van der Waals surface area (Å²) in [4.78, 5) is 46.4. The molecule has 0 saturated heterocycles. The highest BCUT2D eigenvalue weighted by molar-refractivity contribution is 6.05. The molecule has 0 saturated carbocycles. The molecule has 0 aliphatic heterocycles. The highest BCUT2D eigenvalue weighted by atomic mass is 16.5. The smallest absolute Gasteiger partial charge is 0.308 e. The number of esters is 1. The predicted octanol–water partition coefficient (Wildman–Crippen LogP) is 0.899. The Kier molecular flexibility index (Phi) is 6.47. The molecule has 130 valence electrons. The number of nitrogens with one attached hydrogen (secondary N) is 2. The molecule has 0 bridgehead atoms. The van der Waals surface area contributed by atoms with Crippen molar-refractivity contribution in [2.45, 2.75) is 6.42 Å². The lowest BCUT2D eigenvalue weighted by Crippen LogP contribution is -2.34. The van der Waals surface area contributed by atoms with Gasteiger partial charge in [0.2, 0.25) is 0 Å². The number of hydrogen-bond acceptors (Lipinski definition) is 6. The molecule has 0 aliphatic carbocycles. The van der Waals surface area contributed by atoms with Crippen LogP contribution in [0.4, 0.5) is 0 Å². The first-order valence-corrected chi connectivity index (χ1v) is 7.43. The molecule has 8 nitrogen and oxygen atoms in total. The number of ether oxygens (including phenoxy) is 1. The highest BCUT2D eigenvalue weighted by Gasteiger charge is 2.13. The largest absolute Gasteiger partial charge is 0.459 e. The van der Waals surface area contributed by atoms with Crippen LogP contribution in [0.5, 0.6) is 0 Å². The number of carbonyl (C=O) groups excluding carboxylic acids is 4. The zero-order valence-corrected chi connectivity index (χ0v) is 13.2. The SMILES string of the molecule is O=C(COC(=O)CCNC(=O)c1ccco1)NC(=O)c1ccccc1. The number of hydrogen-bond donors (Lipinski definition) is 2. The number of imide groups is 1. The van der Waals surface area contributed by atoms with E-state index in [0.717, 1.165) is 0 Å². The quantitative estimate of drug-likeness (QED) is 0.721. The number of rotatable bonds is 7. The van der Waals surface area contributed by atoms with Crippen molar-refractivity contribution in [1.82, 2.24) is 10.6 Å². The van der Waals surface area contributed by atoms with Crippen molar-refractivity contribution < 1.29 is 28.3 Å². The molecule has 0 aliphatic rings. The fraction of sp³-hybridized carbons (Fsp3) is 0.176. The molecule has 2 N–H and O–H groups in total. The lowest BCUT2D eigenvalue weighted by molar-refractivity contribution is -0.148. The summed E-state index contributed by atoms with van der Waals surface area (Å²) < 4.78 is 9.63. The molecule has 0 unspecified atom stereocenters. The van der Waals surface area contributed by atoms with Gasteiger partial charge in [-0.05, 0) is 24.3 Å². The summed E-state index contributed by atoms with van der Waals surface area (Å²) >= 11 is 0. The van der Waals surface area contributed by atoms with Crippen LogP contribution in [-0.2, 0) is 14.3 Å². The van der Waals surface area contributed by atoms with Crippen molar-refractivity contribution in [2.24, 2.45) is 0 Å². The summed E-state index contributed by atoms with van der Waals surface area (Å²) in [5, 5.41) is 4.58. The molecule has 8 heteroatoms. The minimum Gasteiger partial charge on any atom is -0.459 e. The van der Waals surface area contributed by atoms with Gasteiger partial charge in [-0.1, -0.05) is 18.2 Å². The molecule has 0 spiro atoms. The summed E-state index contributed by atoms with van der Waals surface area (Å²) in [5.74, 6) is -2.31. The third kappa shape index (κ3) is 5.94. The highest BCUT2D eigenvalue weighted by Crippen LogP contribution is 1.99. The van der Waals surface area contributed by atoms with Crippen LogP contribution < -0.4 is 10.6 Å². The van der Waals surface area contributed by atoms with Gasteiger partial charge in [0, 0.05) is 12.1 Å². The van der Waals surface area contributed by atoms with Crippen LogP contribution >= 0.6 is 0 Å². The Balaban J connectivity index is 1.63. The van der Waals surface area contributed by atoms with Crippen molar-refractivity contribution in [3.63, 3.8) is 0 Å². The van der Waals surface area contributed by atoms with E-state index in [0.29, 0.717) is 5.56 Å². The molecule has 2 rings (SSSR count). The minimum atomic E-state index is -0.734. The maximum absolute atomic E-state index is 11.7. The van der Waals surface area contributed by atoms with Crippen molar-refractivity contribution in [2.75, 3.05) is 13.2 Å². The topological polar surface area (TPSA) is 115 Å². The Labute approximate surface area is 143 Å². The van der Waals surface area contributed by atoms with Gasteiger partial charge < -0.3 is 14.5 Å². The van der Waals surface area contributed by atoms with Crippen LogP contribution in [-0.4, -0.2) is 36.8 Å². The van der Waals surface area contributed by atoms with Crippen molar-refractivity contribution in [3.05, 3.63) is 60.1 Å². The fourth-order valence-electron chi connectivity index (χ4n) is 1.82. The second-order valence-electron chi connectivity index (χ2n) is 4.89. The molecule has 3 amide bonds. The Bertz CT molecular complexity index is 740. The van der Waals surface area contributed by atoms with E-state index in [4.69, 9.17) is 9.15 Å². The molecule has 1 aromatic carbocycles. The van der Waals surface area contributed by atoms with Gasteiger partial charge in [-0.2, -0.15) is 0 Å². The predicted molar refractivity (Wildman–Crippen MR) is 85.5 cm³/mol. The van der Waals surface area contributed by atoms with Crippen molar-refractivity contribution >= 4 is 23.7 Å².